The third-order valence-electron chi connectivity index (χ3n) is 3.76. The lowest BCUT2D eigenvalue weighted by atomic mass is 9.87. The van der Waals surface area contributed by atoms with Crippen molar-refractivity contribution in [2.45, 2.75) is 31.7 Å². The van der Waals surface area contributed by atoms with E-state index in [1.807, 2.05) is 0 Å². The van der Waals surface area contributed by atoms with E-state index in [2.05, 4.69) is 10.5 Å². The van der Waals surface area contributed by atoms with E-state index in [-0.39, 0.29) is 17.0 Å². The van der Waals surface area contributed by atoms with Gasteiger partial charge in [-0.2, -0.15) is 5.16 Å². The van der Waals surface area contributed by atoms with Gasteiger partial charge in [0.1, 0.15) is 11.6 Å². The van der Waals surface area contributed by atoms with Gasteiger partial charge in [0, 0.05) is 36.6 Å². The fourth-order valence-electron chi connectivity index (χ4n) is 2.72. The highest BCUT2D eigenvalue weighted by Crippen LogP contribution is 2.35. The molecule has 9 heteroatoms. The first-order chi connectivity index (χ1) is 11.8. The van der Waals surface area contributed by atoms with Crippen molar-refractivity contribution in [1.82, 2.24) is 10.5 Å². The molecule has 1 saturated heterocycles. The molecule has 0 unspecified atom stereocenters. The number of carboxylic acid groups (broad SMARTS) is 1. The third-order valence-corrected chi connectivity index (χ3v) is 3.76. The molecule has 1 aromatic carbocycles. The van der Waals surface area contributed by atoms with Gasteiger partial charge >= 0.3 is 0 Å². The normalized spacial score (nSPS) is 19.8. The number of carboxylic acids is 1. The topological polar surface area (TPSA) is 95.3 Å². The minimum Gasteiger partial charge on any atom is -0.481 e. The fraction of sp³-hybridized carbons (Fsp3) is 0.375. The number of H-pyrrole nitrogens is 1. The van der Waals surface area contributed by atoms with Gasteiger partial charge in [-0.05, 0) is 25.5 Å². The van der Waals surface area contributed by atoms with Crippen molar-refractivity contribution in [3.05, 3.63) is 57.3 Å². The van der Waals surface area contributed by atoms with Crippen molar-refractivity contribution in [3.8, 4) is 0 Å². The smallest absolute Gasteiger partial charge is 0.300 e. The molecule has 136 valence electrons. The second-order valence-electron chi connectivity index (χ2n) is 5.65. The quantitative estimate of drug-likeness (QED) is 0.718. The lowest BCUT2D eigenvalue weighted by Crippen LogP contribution is -2.31. The Labute approximate surface area is 140 Å². The van der Waals surface area contributed by atoms with Crippen LogP contribution in [0.5, 0.6) is 0 Å². The maximum absolute atomic E-state index is 13.8. The Kier molecular flexibility index (Phi) is 6.02. The van der Waals surface area contributed by atoms with Gasteiger partial charge in [0.05, 0.1) is 0 Å². The van der Waals surface area contributed by atoms with Gasteiger partial charge in [0.15, 0.2) is 11.6 Å². The SMILES string of the molecule is CC(=O)O.O=c1cc([C@@H]2CCN[C@@H](c3cc(F)c(F)cc3F)C2)o[nH]1. The van der Waals surface area contributed by atoms with Gasteiger partial charge in [0.25, 0.3) is 11.5 Å². The summed E-state index contributed by atoms with van der Waals surface area (Å²) >= 11 is 0. The van der Waals surface area contributed by atoms with E-state index in [0.29, 0.717) is 31.2 Å². The molecule has 1 aromatic heterocycles. The summed E-state index contributed by atoms with van der Waals surface area (Å²) in [5.74, 6) is -3.50. The monoisotopic (exact) mass is 358 g/mol. The molecule has 2 aromatic rings. The Hall–Kier alpha value is -2.55. The molecule has 0 saturated carbocycles. The number of aromatic amines is 1. The number of nitrogens with one attached hydrogen (secondary N) is 2. The van der Waals surface area contributed by atoms with Crippen molar-refractivity contribution in [1.29, 1.82) is 0 Å². The van der Waals surface area contributed by atoms with Crippen LogP contribution < -0.4 is 10.9 Å². The molecule has 2 atom stereocenters. The number of benzene rings is 1. The molecule has 1 aliphatic rings. The minimum absolute atomic E-state index is 0.0801. The molecule has 3 N–H and O–H groups in total. The number of hydrogen-bond donors (Lipinski definition) is 3. The molecule has 3 rings (SSSR count). The Morgan fingerprint density at radius 3 is 2.44 bits per heavy atom. The standard InChI is InChI=1S/C14H13F3N2O2.C2H4O2/c15-9-5-11(17)10(16)4-8(9)12-3-7(1-2-18-12)13-6-14(20)19-21-13;1-2(3)4/h4-7,12,18H,1-3H2,(H,19,20);1H3,(H,3,4)/t7-,12-;/m1./s1. The third kappa shape index (κ3) is 4.96. The predicted molar refractivity (Wildman–Crippen MR) is 81.7 cm³/mol. The zero-order chi connectivity index (χ0) is 18.6. The van der Waals surface area contributed by atoms with Gasteiger partial charge in [-0.25, -0.2) is 13.2 Å². The van der Waals surface area contributed by atoms with E-state index < -0.39 is 29.5 Å². The summed E-state index contributed by atoms with van der Waals surface area (Å²) in [6.07, 6.45) is 1.14. The number of rotatable bonds is 2. The zero-order valence-corrected chi connectivity index (χ0v) is 13.3. The first-order valence-electron chi connectivity index (χ1n) is 7.53. The first-order valence-corrected chi connectivity index (χ1v) is 7.53. The molecule has 0 radical (unpaired) electrons. The van der Waals surface area contributed by atoms with Crippen molar-refractivity contribution in [2.75, 3.05) is 6.54 Å². The summed E-state index contributed by atoms with van der Waals surface area (Å²) in [7, 11) is 0. The summed E-state index contributed by atoms with van der Waals surface area (Å²) in [5, 5.41) is 12.7. The van der Waals surface area contributed by atoms with Gasteiger partial charge in [-0.3, -0.25) is 9.59 Å². The van der Waals surface area contributed by atoms with Gasteiger partial charge in [0.2, 0.25) is 0 Å². The molecule has 0 aliphatic carbocycles. The van der Waals surface area contributed by atoms with Crippen molar-refractivity contribution in [2.24, 2.45) is 0 Å². The molecule has 6 nitrogen and oxygen atoms in total. The van der Waals surface area contributed by atoms with Crippen molar-refractivity contribution in [3.63, 3.8) is 0 Å². The highest BCUT2D eigenvalue weighted by atomic mass is 19.2. The number of aromatic nitrogens is 1. The fourth-order valence-corrected chi connectivity index (χ4v) is 2.72. The van der Waals surface area contributed by atoms with E-state index in [0.717, 1.165) is 13.0 Å². The lowest BCUT2D eigenvalue weighted by Gasteiger charge is -2.29. The van der Waals surface area contributed by atoms with Crippen LogP contribution >= 0.6 is 0 Å². The Morgan fingerprint density at radius 2 is 1.84 bits per heavy atom. The lowest BCUT2D eigenvalue weighted by molar-refractivity contribution is -0.134. The predicted octanol–water partition coefficient (Wildman–Crippen LogP) is 2.68. The van der Waals surface area contributed by atoms with E-state index in [1.165, 1.54) is 6.07 Å². The molecule has 25 heavy (non-hydrogen) atoms. The minimum atomic E-state index is -1.21. The molecular weight excluding hydrogens is 341 g/mol. The van der Waals surface area contributed by atoms with E-state index >= 15 is 0 Å². The summed E-state index contributed by atoms with van der Waals surface area (Å²) in [6.45, 7) is 1.64. The van der Waals surface area contributed by atoms with Gasteiger partial charge in [-0.15, -0.1) is 0 Å². The maximum atomic E-state index is 13.8. The van der Waals surface area contributed by atoms with Crippen LogP contribution in [0.3, 0.4) is 0 Å². The van der Waals surface area contributed by atoms with E-state index in [9.17, 15) is 18.0 Å². The summed E-state index contributed by atoms with van der Waals surface area (Å²) in [6, 6.07) is 2.32. The largest absolute Gasteiger partial charge is 0.481 e. The Balaban J connectivity index is 0.000000511. The number of hydrogen-bond acceptors (Lipinski definition) is 4. The molecular formula is C16H17F3N2O4. The Morgan fingerprint density at radius 1 is 1.20 bits per heavy atom. The van der Waals surface area contributed by atoms with Crippen LogP contribution in [0.2, 0.25) is 0 Å². The molecule has 2 heterocycles. The van der Waals surface area contributed by atoms with Crippen LogP contribution in [0.15, 0.2) is 27.5 Å². The van der Waals surface area contributed by atoms with Crippen molar-refractivity contribution < 1.29 is 27.6 Å². The van der Waals surface area contributed by atoms with Gasteiger partial charge < -0.3 is 14.9 Å². The number of halogens is 3. The van der Waals surface area contributed by atoms with E-state index in [1.54, 1.807) is 0 Å². The number of piperidine rings is 1. The Bertz CT molecular complexity index is 799. The average Bonchev–Trinajstić information content (AvgIpc) is 2.97. The molecule has 1 aliphatic heterocycles. The van der Waals surface area contributed by atoms with E-state index in [4.69, 9.17) is 14.4 Å². The second-order valence-corrected chi connectivity index (χ2v) is 5.65. The zero-order valence-electron chi connectivity index (χ0n) is 13.3. The highest BCUT2D eigenvalue weighted by Gasteiger charge is 2.28. The van der Waals surface area contributed by atoms with Crippen LogP contribution in [0.1, 0.15) is 43.0 Å². The molecule has 1 fully saturated rings. The maximum Gasteiger partial charge on any atom is 0.300 e. The first kappa shape index (κ1) is 18.8. The second kappa shape index (κ2) is 8.02. The number of aliphatic carboxylic acids is 1. The molecule has 0 bridgehead atoms. The number of carbonyl (C=O) groups is 1. The average molecular weight is 358 g/mol. The van der Waals surface area contributed by atoms with Crippen LogP contribution in [0.4, 0.5) is 13.2 Å². The summed E-state index contributed by atoms with van der Waals surface area (Å²) in [5.41, 5.74) is -0.254. The van der Waals surface area contributed by atoms with Crippen LogP contribution in [0.25, 0.3) is 0 Å². The van der Waals surface area contributed by atoms with Crippen LogP contribution in [0, 0.1) is 17.5 Å². The van der Waals surface area contributed by atoms with Crippen LogP contribution in [-0.2, 0) is 4.79 Å². The molecule has 0 spiro atoms. The summed E-state index contributed by atoms with van der Waals surface area (Å²) < 4.78 is 45.2. The van der Waals surface area contributed by atoms with Gasteiger partial charge in [-0.1, -0.05) is 0 Å². The van der Waals surface area contributed by atoms with Crippen molar-refractivity contribution >= 4 is 5.97 Å². The van der Waals surface area contributed by atoms with Crippen LogP contribution in [-0.4, -0.2) is 22.8 Å². The molecule has 0 amide bonds. The summed E-state index contributed by atoms with van der Waals surface area (Å²) in [4.78, 5) is 20.1. The highest BCUT2D eigenvalue weighted by molar-refractivity contribution is 5.62.